The van der Waals surface area contributed by atoms with Crippen molar-refractivity contribution in [2.45, 2.75) is 37.0 Å². The molecule has 2 aliphatic rings. The quantitative estimate of drug-likeness (QED) is 0.467. The summed E-state index contributed by atoms with van der Waals surface area (Å²) in [6.07, 6.45) is 4.78. The Balaban J connectivity index is 1.24. The minimum absolute atomic E-state index is 0.0184. The van der Waals surface area contributed by atoms with E-state index in [-0.39, 0.29) is 41.3 Å². The third-order valence-corrected chi connectivity index (χ3v) is 9.38. The molecule has 3 aromatic rings. The Morgan fingerprint density at radius 1 is 1.00 bits per heavy atom. The minimum atomic E-state index is -3.90. The number of halogens is 1. The van der Waals surface area contributed by atoms with Crippen molar-refractivity contribution in [3.8, 4) is 0 Å². The molecule has 7 nitrogen and oxygen atoms in total. The molecule has 1 aromatic heterocycles. The number of sulfonamides is 1. The van der Waals surface area contributed by atoms with Gasteiger partial charge in [-0.15, -0.1) is 0 Å². The van der Waals surface area contributed by atoms with Gasteiger partial charge in [0.15, 0.2) is 10.7 Å². The van der Waals surface area contributed by atoms with Crippen LogP contribution in [0.5, 0.6) is 0 Å². The number of piperidine rings is 1. The van der Waals surface area contributed by atoms with Crippen molar-refractivity contribution in [2.24, 2.45) is 5.92 Å². The molecule has 1 amide bonds. The fourth-order valence-electron chi connectivity index (χ4n) is 5.26. The van der Waals surface area contributed by atoms with Crippen LogP contribution in [0.15, 0.2) is 64.0 Å². The number of aryl methyl sites for hydroxylation is 1. The molecule has 5 rings (SSSR count). The van der Waals surface area contributed by atoms with Crippen LogP contribution in [0, 0.1) is 18.7 Å². The van der Waals surface area contributed by atoms with Gasteiger partial charge in [0.2, 0.25) is 15.9 Å². The van der Waals surface area contributed by atoms with E-state index in [1.54, 1.807) is 25.1 Å². The standard InChI is InChI=1S/C28H30FN3O4S/c1-20-27(26(36-30-20)12-11-22-9-5-6-10-25(22)29)37(34,35)32-17-14-23(15-18-32)28(33)31-16-13-24(19-31)21-7-3-2-4-8-21/h2-12,23-24H,13-19H2,1H3/b12-11+/t24-/m0/s1. The van der Waals surface area contributed by atoms with Crippen LogP contribution in [0.4, 0.5) is 4.39 Å². The average molecular weight is 524 g/mol. The summed E-state index contributed by atoms with van der Waals surface area (Å²) in [7, 11) is -3.90. The molecule has 194 valence electrons. The number of carbonyl (C=O) groups is 1. The summed E-state index contributed by atoms with van der Waals surface area (Å²) in [5, 5.41) is 3.85. The van der Waals surface area contributed by atoms with Crippen molar-refractivity contribution in [1.29, 1.82) is 0 Å². The first-order valence-corrected chi connectivity index (χ1v) is 14.0. The van der Waals surface area contributed by atoms with Crippen LogP contribution in [0.2, 0.25) is 0 Å². The number of hydrogen-bond acceptors (Lipinski definition) is 5. The van der Waals surface area contributed by atoms with E-state index in [2.05, 4.69) is 17.3 Å². The van der Waals surface area contributed by atoms with Gasteiger partial charge in [-0.05, 0) is 50.0 Å². The second kappa shape index (κ2) is 10.6. The summed E-state index contributed by atoms with van der Waals surface area (Å²) in [5.41, 5.74) is 1.81. The van der Waals surface area contributed by atoms with Crippen LogP contribution in [0.3, 0.4) is 0 Å². The molecule has 0 unspecified atom stereocenters. The van der Waals surface area contributed by atoms with E-state index in [0.29, 0.717) is 30.9 Å². The smallest absolute Gasteiger partial charge is 0.248 e. The largest absolute Gasteiger partial charge is 0.355 e. The van der Waals surface area contributed by atoms with Crippen LogP contribution in [0.25, 0.3) is 12.2 Å². The predicted molar refractivity (Wildman–Crippen MR) is 138 cm³/mol. The maximum absolute atomic E-state index is 14.0. The highest BCUT2D eigenvalue weighted by molar-refractivity contribution is 7.89. The van der Waals surface area contributed by atoms with Gasteiger partial charge in [0.05, 0.1) is 0 Å². The Kier molecular flexibility index (Phi) is 7.26. The summed E-state index contributed by atoms with van der Waals surface area (Å²) >= 11 is 0. The molecule has 0 N–H and O–H groups in total. The van der Waals surface area contributed by atoms with Crippen LogP contribution in [0.1, 0.15) is 47.8 Å². The van der Waals surface area contributed by atoms with Crippen LogP contribution in [-0.4, -0.2) is 54.9 Å². The van der Waals surface area contributed by atoms with Gasteiger partial charge in [0, 0.05) is 43.6 Å². The third kappa shape index (κ3) is 5.24. The van der Waals surface area contributed by atoms with E-state index in [0.717, 1.165) is 13.0 Å². The van der Waals surface area contributed by atoms with Crippen molar-refractivity contribution < 1.29 is 22.1 Å². The molecule has 1 atom stereocenters. The maximum Gasteiger partial charge on any atom is 0.248 e. The van der Waals surface area contributed by atoms with Gasteiger partial charge in [-0.2, -0.15) is 4.31 Å². The number of benzene rings is 2. The van der Waals surface area contributed by atoms with E-state index in [1.807, 2.05) is 23.1 Å². The highest BCUT2D eigenvalue weighted by Crippen LogP contribution is 2.32. The number of amides is 1. The molecule has 0 aliphatic carbocycles. The van der Waals surface area contributed by atoms with Gasteiger partial charge in [0.1, 0.15) is 11.5 Å². The highest BCUT2D eigenvalue weighted by Gasteiger charge is 2.38. The van der Waals surface area contributed by atoms with E-state index < -0.39 is 15.8 Å². The number of hydrogen-bond donors (Lipinski definition) is 0. The zero-order chi connectivity index (χ0) is 26.0. The molecule has 2 fully saturated rings. The zero-order valence-corrected chi connectivity index (χ0v) is 21.5. The molecule has 37 heavy (non-hydrogen) atoms. The number of rotatable bonds is 6. The molecule has 2 aromatic carbocycles. The summed E-state index contributed by atoms with van der Waals surface area (Å²) < 4.78 is 47.7. The van der Waals surface area contributed by atoms with Gasteiger partial charge in [-0.25, -0.2) is 12.8 Å². The first kappa shape index (κ1) is 25.4. The lowest BCUT2D eigenvalue weighted by atomic mass is 9.96. The lowest BCUT2D eigenvalue weighted by Crippen LogP contribution is -2.44. The Labute approximate surface area is 216 Å². The van der Waals surface area contributed by atoms with Gasteiger partial charge >= 0.3 is 0 Å². The lowest BCUT2D eigenvalue weighted by Gasteiger charge is -2.32. The Morgan fingerprint density at radius 3 is 2.43 bits per heavy atom. The number of likely N-dealkylation sites (tertiary alicyclic amines) is 1. The van der Waals surface area contributed by atoms with Gasteiger partial charge in [-0.3, -0.25) is 4.79 Å². The Hall–Kier alpha value is -3.30. The molecule has 3 heterocycles. The fraction of sp³-hybridized carbons (Fsp3) is 0.357. The molecule has 9 heteroatoms. The lowest BCUT2D eigenvalue weighted by molar-refractivity contribution is -0.135. The average Bonchev–Trinajstić information content (AvgIpc) is 3.56. The number of carbonyl (C=O) groups excluding carboxylic acids is 1. The molecule has 0 saturated carbocycles. The second-order valence-electron chi connectivity index (χ2n) is 9.68. The summed E-state index contributed by atoms with van der Waals surface area (Å²) in [4.78, 5) is 15.1. The molecular weight excluding hydrogens is 493 g/mol. The van der Waals surface area contributed by atoms with Crippen molar-refractivity contribution in [3.05, 3.63) is 83.0 Å². The molecule has 0 spiro atoms. The van der Waals surface area contributed by atoms with Crippen molar-refractivity contribution in [3.63, 3.8) is 0 Å². The highest BCUT2D eigenvalue weighted by atomic mass is 32.2. The predicted octanol–water partition coefficient (Wildman–Crippen LogP) is 4.71. The zero-order valence-electron chi connectivity index (χ0n) is 20.7. The number of aromatic nitrogens is 1. The normalized spacial score (nSPS) is 19.6. The summed E-state index contributed by atoms with van der Waals surface area (Å²) in [6.45, 7) is 3.50. The molecular formula is C28H30FN3O4S. The van der Waals surface area contributed by atoms with Crippen LogP contribution in [-0.2, 0) is 14.8 Å². The monoisotopic (exact) mass is 523 g/mol. The summed E-state index contributed by atoms with van der Waals surface area (Å²) in [5.74, 6) is -0.0877. The van der Waals surface area contributed by atoms with E-state index >= 15 is 0 Å². The Morgan fingerprint density at radius 2 is 1.70 bits per heavy atom. The first-order chi connectivity index (χ1) is 17.8. The summed E-state index contributed by atoms with van der Waals surface area (Å²) in [6, 6.07) is 16.5. The van der Waals surface area contributed by atoms with Crippen molar-refractivity contribution >= 4 is 28.1 Å². The second-order valence-corrected chi connectivity index (χ2v) is 11.5. The van der Waals surface area contributed by atoms with Gasteiger partial charge in [0.25, 0.3) is 0 Å². The van der Waals surface area contributed by atoms with Crippen molar-refractivity contribution in [2.75, 3.05) is 26.2 Å². The minimum Gasteiger partial charge on any atom is -0.355 e. The van der Waals surface area contributed by atoms with E-state index in [1.165, 1.54) is 28.1 Å². The SMILES string of the molecule is Cc1noc(/C=C/c2ccccc2F)c1S(=O)(=O)N1CCC(C(=O)N2CC[C@H](c3ccccc3)C2)CC1. The van der Waals surface area contributed by atoms with Crippen molar-refractivity contribution in [1.82, 2.24) is 14.4 Å². The maximum atomic E-state index is 14.0. The topological polar surface area (TPSA) is 83.7 Å². The molecule has 2 aliphatic heterocycles. The molecule has 0 radical (unpaired) electrons. The van der Waals surface area contributed by atoms with Gasteiger partial charge in [-0.1, -0.05) is 53.7 Å². The fourth-order valence-corrected chi connectivity index (χ4v) is 6.98. The first-order valence-electron chi connectivity index (χ1n) is 12.6. The molecule has 2 saturated heterocycles. The van der Waals surface area contributed by atoms with Crippen LogP contribution >= 0.6 is 0 Å². The number of nitrogens with zero attached hydrogens (tertiary/aromatic N) is 3. The Bertz CT molecular complexity index is 1400. The third-order valence-electron chi connectivity index (χ3n) is 7.32. The van der Waals surface area contributed by atoms with E-state index in [9.17, 15) is 17.6 Å². The van der Waals surface area contributed by atoms with Gasteiger partial charge < -0.3 is 9.42 Å². The molecule has 0 bridgehead atoms. The van der Waals surface area contributed by atoms with E-state index in [4.69, 9.17) is 4.52 Å². The van der Waals surface area contributed by atoms with Crippen LogP contribution < -0.4 is 0 Å².